The second-order valence-electron chi connectivity index (χ2n) is 6.63. The summed E-state index contributed by atoms with van der Waals surface area (Å²) in [5.41, 5.74) is 0.529. The number of benzene rings is 1. The van der Waals surface area contributed by atoms with Crippen LogP contribution in [0.25, 0.3) is 0 Å². The van der Waals surface area contributed by atoms with Crippen molar-refractivity contribution < 1.29 is 24.2 Å². The lowest BCUT2D eigenvalue weighted by Crippen LogP contribution is -2.50. The smallest absolute Gasteiger partial charge is 0.410 e. The Bertz CT molecular complexity index is 572. The average molecular weight is 336 g/mol. The molecule has 0 unspecified atom stereocenters. The van der Waals surface area contributed by atoms with Crippen LogP contribution in [0.1, 0.15) is 20.8 Å². The van der Waals surface area contributed by atoms with Crippen LogP contribution in [-0.2, 0) is 9.53 Å². The molecule has 1 aromatic carbocycles. The van der Waals surface area contributed by atoms with Crippen LogP contribution in [0, 0.1) is 0 Å². The molecule has 0 aromatic heterocycles. The maximum atomic E-state index is 12.0. The fraction of sp³-hybridized carbons (Fsp3) is 0.529. The number of piperazine rings is 1. The molecule has 0 spiro atoms. The molecule has 2 rings (SSSR count). The molecule has 7 heteroatoms. The van der Waals surface area contributed by atoms with Crippen LogP contribution in [0.3, 0.4) is 0 Å². The predicted molar refractivity (Wildman–Crippen MR) is 89.6 cm³/mol. The second-order valence-corrected chi connectivity index (χ2v) is 6.63. The number of anilines is 1. The molecule has 1 N–H and O–H groups in total. The molecule has 0 saturated carbocycles. The van der Waals surface area contributed by atoms with Crippen LogP contribution in [0.5, 0.6) is 5.75 Å². The summed E-state index contributed by atoms with van der Waals surface area (Å²) in [6.45, 7) is 7.86. The number of nitrogens with zero attached hydrogens (tertiary/aromatic N) is 2. The Morgan fingerprint density at radius 2 is 1.67 bits per heavy atom. The van der Waals surface area contributed by atoms with Crippen molar-refractivity contribution in [3.63, 3.8) is 0 Å². The van der Waals surface area contributed by atoms with Gasteiger partial charge in [-0.1, -0.05) is 0 Å². The molecule has 132 valence electrons. The third kappa shape index (κ3) is 5.33. The first-order valence-electron chi connectivity index (χ1n) is 7.92. The summed E-state index contributed by atoms with van der Waals surface area (Å²) >= 11 is 0. The molecule has 0 aliphatic carbocycles. The first-order chi connectivity index (χ1) is 11.2. The zero-order valence-corrected chi connectivity index (χ0v) is 14.3. The molecule has 1 aliphatic rings. The topological polar surface area (TPSA) is 79.3 Å². The summed E-state index contributed by atoms with van der Waals surface area (Å²) in [6, 6.07) is 7.28. The van der Waals surface area contributed by atoms with Crippen LogP contribution < -0.4 is 9.64 Å². The Kier molecular flexibility index (Phi) is 5.54. The normalized spacial score (nSPS) is 15.1. The zero-order chi connectivity index (χ0) is 17.7. The van der Waals surface area contributed by atoms with Crippen LogP contribution in [0.4, 0.5) is 10.5 Å². The van der Waals surface area contributed by atoms with E-state index in [0.29, 0.717) is 31.9 Å². The largest absolute Gasteiger partial charge is 0.482 e. The summed E-state index contributed by atoms with van der Waals surface area (Å²) in [4.78, 5) is 26.4. The first-order valence-corrected chi connectivity index (χ1v) is 7.92. The number of carboxylic acids is 1. The van der Waals surface area contributed by atoms with Crippen molar-refractivity contribution in [2.75, 3.05) is 37.7 Å². The van der Waals surface area contributed by atoms with E-state index in [0.717, 1.165) is 5.69 Å². The highest BCUT2D eigenvalue weighted by atomic mass is 16.6. The standard InChI is InChI=1S/C17H24N2O5/c1-17(2,3)24-16(22)19-10-8-18(9-11-19)13-4-6-14(7-5-13)23-12-15(20)21/h4-7H,8-12H2,1-3H3,(H,20,21). The van der Waals surface area contributed by atoms with Gasteiger partial charge < -0.3 is 24.4 Å². The van der Waals surface area contributed by atoms with Crippen molar-refractivity contribution in [3.05, 3.63) is 24.3 Å². The molecule has 0 radical (unpaired) electrons. The van der Waals surface area contributed by atoms with Gasteiger partial charge in [0.05, 0.1) is 0 Å². The molecule has 1 amide bonds. The highest BCUT2D eigenvalue weighted by Crippen LogP contribution is 2.21. The SMILES string of the molecule is CC(C)(C)OC(=O)N1CCN(c2ccc(OCC(=O)O)cc2)CC1. The third-order valence-corrected chi connectivity index (χ3v) is 3.50. The van der Waals surface area contributed by atoms with Crippen LogP contribution in [-0.4, -0.2) is 60.5 Å². The number of aliphatic carboxylic acids is 1. The van der Waals surface area contributed by atoms with Gasteiger partial charge in [0.2, 0.25) is 0 Å². The summed E-state index contributed by atoms with van der Waals surface area (Å²) in [6.07, 6.45) is -0.278. The number of carboxylic acid groups (broad SMARTS) is 1. The predicted octanol–water partition coefficient (Wildman–Crippen LogP) is 2.21. The molecular weight excluding hydrogens is 312 g/mol. The first kappa shape index (κ1) is 17.9. The number of ether oxygens (including phenoxy) is 2. The van der Waals surface area contributed by atoms with Gasteiger partial charge in [0, 0.05) is 31.9 Å². The van der Waals surface area contributed by atoms with E-state index >= 15 is 0 Å². The molecule has 7 nitrogen and oxygen atoms in total. The van der Waals surface area contributed by atoms with Gasteiger partial charge in [0.15, 0.2) is 6.61 Å². The van der Waals surface area contributed by atoms with E-state index in [9.17, 15) is 9.59 Å². The number of carbonyl (C=O) groups is 2. The van der Waals surface area contributed by atoms with E-state index in [2.05, 4.69) is 4.90 Å². The van der Waals surface area contributed by atoms with E-state index in [1.807, 2.05) is 32.9 Å². The van der Waals surface area contributed by atoms with Gasteiger partial charge in [0.25, 0.3) is 0 Å². The maximum Gasteiger partial charge on any atom is 0.410 e. The quantitative estimate of drug-likeness (QED) is 0.908. The monoisotopic (exact) mass is 336 g/mol. The number of hydrogen-bond acceptors (Lipinski definition) is 5. The molecule has 1 aromatic rings. The molecule has 0 bridgehead atoms. The van der Waals surface area contributed by atoms with Crippen molar-refractivity contribution in [1.82, 2.24) is 4.90 Å². The lowest BCUT2D eigenvalue weighted by atomic mass is 10.2. The van der Waals surface area contributed by atoms with Crippen LogP contribution in [0.15, 0.2) is 24.3 Å². The van der Waals surface area contributed by atoms with Gasteiger partial charge in [-0.2, -0.15) is 0 Å². The van der Waals surface area contributed by atoms with Gasteiger partial charge in [-0.3, -0.25) is 0 Å². The van der Waals surface area contributed by atoms with Gasteiger partial charge in [-0.15, -0.1) is 0 Å². The Morgan fingerprint density at radius 3 is 2.17 bits per heavy atom. The van der Waals surface area contributed by atoms with E-state index in [4.69, 9.17) is 14.6 Å². The minimum absolute atomic E-state index is 0.278. The molecule has 0 atom stereocenters. The van der Waals surface area contributed by atoms with Crippen molar-refractivity contribution in [3.8, 4) is 5.75 Å². The highest BCUT2D eigenvalue weighted by molar-refractivity contribution is 5.69. The number of carbonyl (C=O) groups excluding carboxylic acids is 1. The highest BCUT2D eigenvalue weighted by Gasteiger charge is 2.25. The van der Waals surface area contributed by atoms with E-state index < -0.39 is 11.6 Å². The summed E-state index contributed by atoms with van der Waals surface area (Å²) < 4.78 is 10.5. The molecule has 24 heavy (non-hydrogen) atoms. The molecule has 1 heterocycles. The van der Waals surface area contributed by atoms with Crippen molar-refractivity contribution >= 4 is 17.7 Å². The van der Waals surface area contributed by atoms with E-state index in [-0.39, 0.29) is 12.7 Å². The van der Waals surface area contributed by atoms with Crippen molar-refractivity contribution in [2.24, 2.45) is 0 Å². The van der Waals surface area contributed by atoms with Crippen molar-refractivity contribution in [2.45, 2.75) is 26.4 Å². The molecular formula is C17H24N2O5. The van der Waals surface area contributed by atoms with E-state index in [1.165, 1.54) is 0 Å². The molecule has 1 aliphatic heterocycles. The second kappa shape index (κ2) is 7.42. The Morgan fingerprint density at radius 1 is 1.08 bits per heavy atom. The number of hydrogen-bond donors (Lipinski definition) is 1. The third-order valence-electron chi connectivity index (χ3n) is 3.50. The van der Waals surface area contributed by atoms with E-state index in [1.54, 1.807) is 17.0 Å². The van der Waals surface area contributed by atoms with Gasteiger partial charge >= 0.3 is 12.1 Å². The fourth-order valence-electron chi connectivity index (χ4n) is 2.37. The summed E-state index contributed by atoms with van der Waals surface area (Å²) in [5.74, 6) is -0.481. The van der Waals surface area contributed by atoms with Gasteiger partial charge in [-0.25, -0.2) is 9.59 Å². The molecule has 1 fully saturated rings. The Hall–Kier alpha value is -2.44. The van der Waals surface area contributed by atoms with Crippen molar-refractivity contribution in [1.29, 1.82) is 0 Å². The van der Waals surface area contributed by atoms with Gasteiger partial charge in [-0.05, 0) is 45.0 Å². The summed E-state index contributed by atoms with van der Waals surface area (Å²) in [5, 5.41) is 8.60. The lowest BCUT2D eigenvalue weighted by molar-refractivity contribution is -0.139. The zero-order valence-electron chi connectivity index (χ0n) is 14.3. The molecule has 1 saturated heterocycles. The number of rotatable bonds is 4. The maximum absolute atomic E-state index is 12.0. The fourth-order valence-corrected chi connectivity index (χ4v) is 2.37. The van der Waals surface area contributed by atoms with Gasteiger partial charge in [0.1, 0.15) is 11.4 Å². The summed E-state index contributed by atoms with van der Waals surface area (Å²) in [7, 11) is 0. The Balaban J connectivity index is 1.85. The van der Waals surface area contributed by atoms with Crippen LogP contribution in [0.2, 0.25) is 0 Å². The minimum Gasteiger partial charge on any atom is -0.482 e. The Labute approximate surface area is 141 Å². The number of amides is 1. The average Bonchev–Trinajstić information content (AvgIpc) is 2.52. The van der Waals surface area contributed by atoms with Crippen LogP contribution >= 0.6 is 0 Å². The lowest BCUT2D eigenvalue weighted by Gasteiger charge is -2.36. The minimum atomic E-state index is -1.00.